The summed E-state index contributed by atoms with van der Waals surface area (Å²) in [5.74, 6) is 1.36. The summed E-state index contributed by atoms with van der Waals surface area (Å²) < 4.78 is 5.06. The van der Waals surface area contributed by atoms with Crippen molar-refractivity contribution in [2.24, 2.45) is 0 Å². The van der Waals surface area contributed by atoms with Gasteiger partial charge in [0, 0.05) is 28.6 Å². The minimum atomic E-state index is 0.501. The predicted molar refractivity (Wildman–Crippen MR) is 119 cm³/mol. The van der Waals surface area contributed by atoms with Crippen molar-refractivity contribution < 1.29 is 4.74 Å². The van der Waals surface area contributed by atoms with Crippen molar-refractivity contribution in [2.75, 3.05) is 12.4 Å². The van der Waals surface area contributed by atoms with Gasteiger partial charge in [-0.25, -0.2) is 4.98 Å². The van der Waals surface area contributed by atoms with Crippen LogP contribution in [0.3, 0.4) is 0 Å². The van der Waals surface area contributed by atoms with Crippen molar-refractivity contribution in [1.29, 1.82) is 0 Å². The van der Waals surface area contributed by atoms with Crippen LogP contribution in [0.5, 0.6) is 5.88 Å². The van der Waals surface area contributed by atoms with Crippen molar-refractivity contribution in [3.8, 4) is 28.5 Å². The molecule has 30 heavy (non-hydrogen) atoms. The van der Waals surface area contributed by atoms with E-state index >= 15 is 0 Å². The maximum absolute atomic E-state index is 5.06. The summed E-state index contributed by atoms with van der Waals surface area (Å²) in [6.07, 6.45) is 0. The molecule has 0 saturated heterocycles. The van der Waals surface area contributed by atoms with E-state index in [2.05, 4.69) is 31.5 Å². The zero-order chi connectivity index (χ0) is 20.3. The van der Waals surface area contributed by atoms with Crippen LogP contribution >= 0.6 is 0 Å². The van der Waals surface area contributed by atoms with Gasteiger partial charge in [0.25, 0.3) is 0 Å². The zero-order valence-electron chi connectivity index (χ0n) is 16.3. The Morgan fingerprint density at radius 2 is 1.63 bits per heavy atom. The van der Waals surface area contributed by atoms with Gasteiger partial charge in [-0.1, -0.05) is 36.4 Å². The maximum Gasteiger partial charge on any atom is 0.233 e. The summed E-state index contributed by atoms with van der Waals surface area (Å²) in [6.45, 7) is 0. The first-order chi connectivity index (χ1) is 14.8. The Balaban J connectivity index is 1.36. The van der Waals surface area contributed by atoms with Crippen molar-refractivity contribution in [3.63, 3.8) is 0 Å². The molecule has 5 aromatic rings. The number of methoxy groups -OCH3 is 1. The molecule has 2 aromatic heterocycles. The van der Waals surface area contributed by atoms with E-state index in [-0.39, 0.29) is 0 Å². The number of rotatable bonds is 5. The van der Waals surface area contributed by atoms with Gasteiger partial charge in [-0.3, -0.25) is 0 Å². The van der Waals surface area contributed by atoms with Crippen LogP contribution in [0.1, 0.15) is 0 Å². The summed E-state index contributed by atoms with van der Waals surface area (Å²) in [6, 6.07) is 28.0. The SMILES string of the molecule is COc1ccc(-c2ccc(Nc3cccc(-c4nc5ccccc5[nH]4)c3)cc2)nn1. The molecule has 0 amide bonds. The fourth-order valence-corrected chi connectivity index (χ4v) is 3.31. The highest BCUT2D eigenvalue weighted by Crippen LogP contribution is 2.26. The summed E-state index contributed by atoms with van der Waals surface area (Å²) in [7, 11) is 1.58. The molecule has 0 atom stereocenters. The Morgan fingerprint density at radius 3 is 2.40 bits per heavy atom. The van der Waals surface area contributed by atoms with Crippen LogP contribution in [0.25, 0.3) is 33.7 Å². The molecule has 0 aliphatic heterocycles. The highest BCUT2D eigenvalue weighted by molar-refractivity contribution is 5.80. The molecule has 5 rings (SSSR count). The fourth-order valence-electron chi connectivity index (χ4n) is 3.31. The smallest absolute Gasteiger partial charge is 0.233 e. The first kappa shape index (κ1) is 17.9. The number of hydrogen-bond donors (Lipinski definition) is 2. The van der Waals surface area contributed by atoms with Crippen molar-refractivity contribution in [3.05, 3.63) is 84.9 Å². The summed E-state index contributed by atoms with van der Waals surface area (Å²) >= 11 is 0. The number of hydrogen-bond acceptors (Lipinski definition) is 5. The lowest BCUT2D eigenvalue weighted by Crippen LogP contribution is -1.93. The Kier molecular flexibility index (Phi) is 4.57. The van der Waals surface area contributed by atoms with E-state index in [1.165, 1.54) is 0 Å². The first-order valence-electron chi connectivity index (χ1n) is 9.59. The number of ether oxygens (including phenoxy) is 1. The summed E-state index contributed by atoms with van der Waals surface area (Å²) in [5.41, 5.74) is 6.79. The van der Waals surface area contributed by atoms with Gasteiger partial charge >= 0.3 is 0 Å². The second-order valence-electron chi connectivity index (χ2n) is 6.85. The molecule has 0 bridgehead atoms. The second kappa shape index (κ2) is 7.67. The summed E-state index contributed by atoms with van der Waals surface area (Å²) in [4.78, 5) is 8.06. The Bertz CT molecular complexity index is 1260. The van der Waals surface area contributed by atoms with Crippen LogP contribution in [-0.2, 0) is 0 Å². The lowest BCUT2D eigenvalue weighted by Gasteiger charge is -2.09. The number of aromatic nitrogens is 4. The molecule has 0 aliphatic carbocycles. The van der Waals surface area contributed by atoms with Gasteiger partial charge in [-0.15, -0.1) is 10.2 Å². The van der Waals surface area contributed by atoms with Crippen LogP contribution in [0.4, 0.5) is 11.4 Å². The Morgan fingerprint density at radius 1 is 0.767 bits per heavy atom. The maximum atomic E-state index is 5.06. The molecule has 0 radical (unpaired) electrons. The molecule has 2 N–H and O–H groups in total. The predicted octanol–water partition coefficient (Wildman–Crippen LogP) is 5.44. The van der Waals surface area contributed by atoms with E-state index in [0.29, 0.717) is 5.88 Å². The van der Waals surface area contributed by atoms with E-state index in [9.17, 15) is 0 Å². The Labute approximate surface area is 173 Å². The molecule has 0 unspecified atom stereocenters. The highest BCUT2D eigenvalue weighted by Gasteiger charge is 2.06. The molecule has 0 aliphatic rings. The van der Waals surface area contributed by atoms with Crippen molar-refractivity contribution in [2.45, 2.75) is 0 Å². The third-order valence-electron chi connectivity index (χ3n) is 4.84. The molecule has 0 saturated carbocycles. The number of fused-ring (bicyclic) bond motifs is 1. The first-order valence-corrected chi connectivity index (χ1v) is 9.59. The van der Waals surface area contributed by atoms with E-state index in [1.807, 2.05) is 72.8 Å². The largest absolute Gasteiger partial charge is 0.480 e. The van der Waals surface area contributed by atoms with Gasteiger partial charge in [-0.05, 0) is 42.5 Å². The highest BCUT2D eigenvalue weighted by atomic mass is 16.5. The monoisotopic (exact) mass is 393 g/mol. The fraction of sp³-hybridized carbons (Fsp3) is 0.0417. The number of nitrogens with one attached hydrogen (secondary N) is 2. The topological polar surface area (TPSA) is 75.7 Å². The van der Waals surface area contributed by atoms with Crippen molar-refractivity contribution >= 4 is 22.4 Å². The molecule has 6 heteroatoms. The molecule has 3 aromatic carbocycles. The molecule has 0 spiro atoms. The molecule has 6 nitrogen and oxygen atoms in total. The number of nitrogens with zero attached hydrogens (tertiary/aromatic N) is 3. The average molecular weight is 393 g/mol. The van der Waals surface area contributed by atoms with Crippen LogP contribution in [0, 0.1) is 0 Å². The van der Waals surface area contributed by atoms with E-state index in [0.717, 1.165) is 45.1 Å². The number of anilines is 2. The van der Waals surface area contributed by atoms with Gasteiger partial charge in [0.15, 0.2) is 0 Å². The number of benzene rings is 3. The number of aromatic amines is 1. The van der Waals surface area contributed by atoms with Gasteiger partial charge in [0.2, 0.25) is 5.88 Å². The molecule has 2 heterocycles. The number of H-pyrrole nitrogens is 1. The van der Waals surface area contributed by atoms with Crippen LogP contribution < -0.4 is 10.1 Å². The van der Waals surface area contributed by atoms with Crippen LogP contribution in [0.15, 0.2) is 84.9 Å². The molecular weight excluding hydrogens is 374 g/mol. The normalized spacial score (nSPS) is 10.8. The van der Waals surface area contributed by atoms with Crippen LogP contribution in [-0.4, -0.2) is 27.3 Å². The lowest BCUT2D eigenvalue weighted by atomic mass is 10.1. The minimum absolute atomic E-state index is 0.501. The quantitative estimate of drug-likeness (QED) is 0.416. The van der Waals surface area contributed by atoms with E-state index < -0.39 is 0 Å². The van der Waals surface area contributed by atoms with Crippen LogP contribution in [0.2, 0.25) is 0 Å². The average Bonchev–Trinajstić information content (AvgIpc) is 3.24. The standard InChI is InChI=1S/C24H19N5O/c1-30-23-14-13-20(28-29-23)16-9-11-18(12-10-16)25-19-6-4-5-17(15-19)24-26-21-7-2-3-8-22(21)27-24/h2-15,25H,1H3,(H,26,27). The zero-order valence-corrected chi connectivity index (χ0v) is 16.3. The van der Waals surface area contributed by atoms with Gasteiger partial charge in [0.1, 0.15) is 5.82 Å². The van der Waals surface area contributed by atoms with E-state index in [1.54, 1.807) is 13.2 Å². The van der Waals surface area contributed by atoms with E-state index in [4.69, 9.17) is 4.74 Å². The van der Waals surface area contributed by atoms with Gasteiger partial charge < -0.3 is 15.0 Å². The lowest BCUT2D eigenvalue weighted by molar-refractivity contribution is 0.392. The minimum Gasteiger partial charge on any atom is -0.480 e. The third-order valence-corrected chi connectivity index (χ3v) is 4.84. The third kappa shape index (κ3) is 3.58. The Hall–Kier alpha value is -4.19. The van der Waals surface area contributed by atoms with Gasteiger partial charge in [0.05, 0.1) is 23.8 Å². The number of imidazole rings is 1. The van der Waals surface area contributed by atoms with Gasteiger partial charge in [-0.2, -0.15) is 0 Å². The molecular formula is C24H19N5O. The number of para-hydroxylation sites is 2. The molecule has 0 fully saturated rings. The molecule has 146 valence electrons. The summed E-state index contributed by atoms with van der Waals surface area (Å²) in [5, 5.41) is 11.7. The second-order valence-corrected chi connectivity index (χ2v) is 6.85. The van der Waals surface area contributed by atoms with Crippen molar-refractivity contribution in [1.82, 2.24) is 20.2 Å².